The fourth-order valence-corrected chi connectivity index (χ4v) is 2.00. The van der Waals surface area contributed by atoms with Gasteiger partial charge in [0.25, 0.3) is 0 Å². The van der Waals surface area contributed by atoms with Crippen molar-refractivity contribution in [2.24, 2.45) is 0 Å². The van der Waals surface area contributed by atoms with Crippen LogP contribution in [0.5, 0.6) is 5.75 Å². The molecule has 3 nitrogen and oxygen atoms in total. The molecule has 1 N–H and O–H groups in total. The molecule has 21 heavy (non-hydrogen) atoms. The van der Waals surface area contributed by atoms with Gasteiger partial charge in [-0.15, -0.1) is 0 Å². The Kier molecular flexibility index (Phi) is 4.78. The predicted octanol–water partition coefficient (Wildman–Crippen LogP) is 4.21. The van der Waals surface area contributed by atoms with Gasteiger partial charge in [-0.3, -0.25) is 0 Å². The van der Waals surface area contributed by atoms with E-state index in [4.69, 9.17) is 10.00 Å². The summed E-state index contributed by atoms with van der Waals surface area (Å²) in [5.41, 5.74) is 2.37. The van der Waals surface area contributed by atoms with E-state index in [0.29, 0.717) is 11.3 Å². The van der Waals surface area contributed by atoms with E-state index < -0.39 is 0 Å². The average molecular weight is 284 g/mol. The first-order valence-electron chi connectivity index (χ1n) is 6.72. The molecule has 0 bridgehead atoms. The van der Waals surface area contributed by atoms with Crippen molar-refractivity contribution in [1.82, 2.24) is 0 Å². The molecule has 0 saturated heterocycles. The SMILES string of the molecule is Cc1ccc(C(C)Nc2cccc(OCC#N)c2)cc1F. The van der Waals surface area contributed by atoms with Crippen molar-refractivity contribution in [2.45, 2.75) is 19.9 Å². The number of nitrogens with zero attached hydrogens (tertiary/aromatic N) is 1. The van der Waals surface area contributed by atoms with Gasteiger partial charge < -0.3 is 10.1 Å². The lowest BCUT2D eigenvalue weighted by molar-refractivity contribution is 0.368. The van der Waals surface area contributed by atoms with Crippen LogP contribution in [-0.4, -0.2) is 6.61 Å². The Morgan fingerprint density at radius 3 is 2.81 bits per heavy atom. The molecule has 0 aliphatic rings. The summed E-state index contributed by atoms with van der Waals surface area (Å²) in [6.07, 6.45) is 0. The van der Waals surface area contributed by atoms with Gasteiger partial charge in [-0.05, 0) is 43.2 Å². The first-order chi connectivity index (χ1) is 10.1. The Hall–Kier alpha value is -2.54. The Bertz CT molecular complexity index is 664. The molecule has 0 spiro atoms. The first-order valence-corrected chi connectivity index (χ1v) is 6.72. The van der Waals surface area contributed by atoms with Crippen LogP contribution in [0, 0.1) is 24.1 Å². The van der Waals surface area contributed by atoms with Crippen LogP contribution in [0.1, 0.15) is 24.1 Å². The van der Waals surface area contributed by atoms with Crippen molar-refractivity contribution < 1.29 is 9.13 Å². The van der Waals surface area contributed by atoms with Gasteiger partial charge in [-0.1, -0.05) is 18.2 Å². The van der Waals surface area contributed by atoms with Crippen LogP contribution in [-0.2, 0) is 0 Å². The van der Waals surface area contributed by atoms with E-state index in [-0.39, 0.29) is 18.5 Å². The van der Waals surface area contributed by atoms with Gasteiger partial charge in [0.05, 0.1) is 0 Å². The summed E-state index contributed by atoms with van der Waals surface area (Å²) >= 11 is 0. The summed E-state index contributed by atoms with van der Waals surface area (Å²) in [6, 6.07) is 14.5. The Morgan fingerprint density at radius 1 is 1.29 bits per heavy atom. The number of ether oxygens (including phenoxy) is 1. The van der Waals surface area contributed by atoms with Crippen LogP contribution < -0.4 is 10.1 Å². The summed E-state index contributed by atoms with van der Waals surface area (Å²) in [7, 11) is 0. The molecular formula is C17H17FN2O. The van der Waals surface area contributed by atoms with Gasteiger partial charge in [-0.2, -0.15) is 5.26 Å². The van der Waals surface area contributed by atoms with Gasteiger partial charge in [0.1, 0.15) is 17.6 Å². The van der Waals surface area contributed by atoms with E-state index in [1.54, 1.807) is 25.1 Å². The molecule has 0 saturated carbocycles. The number of aryl methyl sites for hydroxylation is 1. The minimum atomic E-state index is -0.202. The number of nitrogens with one attached hydrogen (secondary N) is 1. The molecule has 0 fully saturated rings. The van der Waals surface area contributed by atoms with Gasteiger partial charge >= 0.3 is 0 Å². The molecule has 0 heterocycles. The maximum Gasteiger partial charge on any atom is 0.174 e. The van der Waals surface area contributed by atoms with Crippen LogP contribution in [0.2, 0.25) is 0 Å². The average Bonchev–Trinajstić information content (AvgIpc) is 2.48. The summed E-state index contributed by atoms with van der Waals surface area (Å²) < 4.78 is 18.9. The highest BCUT2D eigenvalue weighted by molar-refractivity contribution is 5.50. The minimum Gasteiger partial charge on any atom is -0.479 e. The number of hydrogen-bond acceptors (Lipinski definition) is 3. The van der Waals surface area contributed by atoms with Crippen molar-refractivity contribution in [3.05, 3.63) is 59.4 Å². The highest BCUT2D eigenvalue weighted by atomic mass is 19.1. The maximum atomic E-state index is 13.6. The molecule has 1 atom stereocenters. The van der Waals surface area contributed by atoms with E-state index in [0.717, 1.165) is 11.3 Å². The van der Waals surface area contributed by atoms with E-state index in [2.05, 4.69) is 5.32 Å². The van der Waals surface area contributed by atoms with Gasteiger partial charge in [0.15, 0.2) is 6.61 Å². The zero-order valence-electron chi connectivity index (χ0n) is 12.1. The molecule has 2 aromatic rings. The normalized spacial score (nSPS) is 11.5. The molecule has 1 unspecified atom stereocenters. The standard InChI is InChI=1S/C17H17FN2O/c1-12-6-7-14(10-17(12)18)13(2)20-15-4-3-5-16(11-15)21-9-8-19/h3-7,10-11,13,20H,9H2,1-2H3. The second-order valence-corrected chi connectivity index (χ2v) is 4.85. The third-order valence-corrected chi connectivity index (χ3v) is 3.22. The lowest BCUT2D eigenvalue weighted by Gasteiger charge is -2.17. The molecule has 108 valence electrons. The summed E-state index contributed by atoms with van der Waals surface area (Å²) in [5.74, 6) is 0.427. The fraction of sp³-hybridized carbons (Fsp3) is 0.235. The number of halogens is 1. The first kappa shape index (κ1) is 14.9. The molecule has 0 amide bonds. The largest absolute Gasteiger partial charge is 0.479 e. The number of nitriles is 1. The smallest absolute Gasteiger partial charge is 0.174 e. The monoisotopic (exact) mass is 284 g/mol. The Morgan fingerprint density at radius 2 is 2.10 bits per heavy atom. The molecule has 4 heteroatoms. The molecule has 0 aliphatic heterocycles. The molecule has 0 aliphatic carbocycles. The minimum absolute atomic E-state index is 0.0161. The van der Waals surface area contributed by atoms with Crippen molar-refractivity contribution in [3.8, 4) is 11.8 Å². The van der Waals surface area contributed by atoms with Crippen LogP contribution in [0.25, 0.3) is 0 Å². The van der Waals surface area contributed by atoms with Crippen LogP contribution in [0.3, 0.4) is 0 Å². The number of rotatable bonds is 5. The summed E-state index contributed by atoms with van der Waals surface area (Å²) in [4.78, 5) is 0. The van der Waals surface area contributed by atoms with E-state index in [1.807, 2.05) is 37.3 Å². The summed E-state index contributed by atoms with van der Waals surface area (Å²) in [5, 5.41) is 11.8. The third-order valence-electron chi connectivity index (χ3n) is 3.22. The number of hydrogen-bond donors (Lipinski definition) is 1. The quantitative estimate of drug-likeness (QED) is 0.894. The second-order valence-electron chi connectivity index (χ2n) is 4.85. The molecule has 0 radical (unpaired) electrons. The highest BCUT2D eigenvalue weighted by Gasteiger charge is 2.08. The summed E-state index contributed by atoms with van der Waals surface area (Å²) in [6.45, 7) is 3.72. The van der Waals surface area contributed by atoms with Crippen molar-refractivity contribution in [1.29, 1.82) is 5.26 Å². The Balaban J connectivity index is 2.10. The van der Waals surface area contributed by atoms with E-state index >= 15 is 0 Å². The molecule has 2 aromatic carbocycles. The van der Waals surface area contributed by atoms with Crippen LogP contribution in [0.15, 0.2) is 42.5 Å². The Labute approximate surface area is 124 Å². The molecular weight excluding hydrogens is 267 g/mol. The second kappa shape index (κ2) is 6.76. The maximum absolute atomic E-state index is 13.6. The molecule has 2 rings (SSSR count). The van der Waals surface area contributed by atoms with Gasteiger partial charge in [0, 0.05) is 17.8 Å². The highest BCUT2D eigenvalue weighted by Crippen LogP contribution is 2.23. The zero-order valence-corrected chi connectivity index (χ0v) is 12.1. The lowest BCUT2D eigenvalue weighted by atomic mass is 10.1. The van der Waals surface area contributed by atoms with Gasteiger partial charge in [0.2, 0.25) is 0 Å². The predicted molar refractivity (Wildman–Crippen MR) is 80.7 cm³/mol. The van der Waals surface area contributed by atoms with Crippen molar-refractivity contribution in [2.75, 3.05) is 11.9 Å². The topological polar surface area (TPSA) is 45.0 Å². The van der Waals surface area contributed by atoms with E-state index in [1.165, 1.54) is 0 Å². The number of anilines is 1. The lowest BCUT2D eigenvalue weighted by Crippen LogP contribution is -2.07. The molecule has 0 aromatic heterocycles. The van der Waals surface area contributed by atoms with Crippen molar-refractivity contribution >= 4 is 5.69 Å². The van der Waals surface area contributed by atoms with Crippen LogP contribution in [0.4, 0.5) is 10.1 Å². The third kappa shape index (κ3) is 3.96. The van der Waals surface area contributed by atoms with Crippen LogP contribution >= 0.6 is 0 Å². The number of benzene rings is 2. The van der Waals surface area contributed by atoms with Crippen molar-refractivity contribution in [3.63, 3.8) is 0 Å². The zero-order chi connectivity index (χ0) is 15.2. The fourth-order valence-electron chi connectivity index (χ4n) is 2.00. The van der Waals surface area contributed by atoms with Gasteiger partial charge in [-0.25, -0.2) is 4.39 Å². The van der Waals surface area contributed by atoms with E-state index in [9.17, 15) is 4.39 Å².